The van der Waals surface area contributed by atoms with Gasteiger partial charge in [0.1, 0.15) is 11.9 Å². The molecule has 26 heavy (non-hydrogen) atoms. The van der Waals surface area contributed by atoms with Gasteiger partial charge in [0.15, 0.2) is 0 Å². The second-order valence-corrected chi connectivity index (χ2v) is 6.43. The SMILES string of the molecule is Cc1cc(NCc2ccnc(OC3CCOC3)c2)c2cc(F)ccc2n1. The van der Waals surface area contributed by atoms with E-state index in [4.69, 9.17) is 9.47 Å². The Kier molecular flexibility index (Phi) is 4.67. The number of nitrogens with zero attached hydrogens (tertiary/aromatic N) is 2. The average molecular weight is 353 g/mol. The lowest BCUT2D eigenvalue weighted by Crippen LogP contribution is -2.16. The summed E-state index contributed by atoms with van der Waals surface area (Å²) in [6.45, 7) is 3.85. The van der Waals surface area contributed by atoms with Crippen molar-refractivity contribution in [2.75, 3.05) is 18.5 Å². The Balaban J connectivity index is 1.52. The first-order valence-electron chi connectivity index (χ1n) is 8.67. The molecule has 134 valence electrons. The number of pyridine rings is 2. The monoisotopic (exact) mass is 353 g/mol. The first-order valence-corrected chi connectivity index (χ1v) is 8.67. The highest BCUT2D eigenvalue weighted by Gasteiger charge is 2.17. The molecule has 1 saturated heterocycles. The van der Waals surface area contributed by atoms with Gasteiger partial charge in [0.05, 0.1) is 18.7 Å². The van der Waals surface area contributed by atoms with Crippen LogP contribution in [0.3, 0.4) is 0 Å². The number of ether oxygens (including phenoxy) is 2. The van der Waals surface area contributed by atoms with Crippen molar-refractivity contribution in [3.8, 4) is 5.88 Å². The maximum Gasteiger partial charge on any atom is 0.213 e. The molecule has 0 saturated carbocycles. The molecule has 1 aliphatic heterocycles. The summed E-state index contributed by atoms with van der Waals surface area (Å²) < 4.78 is 24.8. The number of fused-ring (bicyclic) bond motifs is 1. The lowest BCUT2D eigenvalue weighted by atomic mass is 10.1. The van der Waals surface area contributed by atoms with Crippen LogP contribution in [0.2, 0.25) is 0 Å². The first-order chi connectivity index (χ1) is 12.7. The standard InChI is InChI=1S/C20H20FN3O2/c1-13-8-19(17-10-15(21)2-3-18(17)24-13)23-11-14-4-6-22-20(9-14)26-16-5-7-25-12-16/h2-4,6,8-10,16H,5,7,11-12H2,1H3,(H,23,24). The molecule has 6 heteroatoms. The quantitative estimate of drug-likeness (QED) is 0.755. The maximum absolute atomic E-state index is 13.6. The minimum absolute atomic E-state index is 0.0699. The van der Waals surface area contributed by atoms with E-state index in [9.17, 15) is 4.39 Å². The summed E-state index contributed by atoms with van der Waals surface area (Å²) >= 11 is 0. The molecule has 2 aromatic heterocycles. The van der Waals surface area contributed by atoms with Crippen LogP contribution in [0.1, 0.15) is 17.7 Å². The highest BCUT2D eigenvalue weighted by molar-refractivity contribution is 5.91. The van der Waals surface area contributed by atoms with Crippen LogP contribution in [0.4, 0.5) is 10.1 Å². The Labute approximate surface area is 151 Å². The predicted octanol–water partition coefficient (Wildman–Crippen LogP) is 3.86. The van der Waals surface area contributed by atoms with Gasteiger partial charge >= 0.3 is 0 Å². The van der Waals surface area contributed by atoms with Crippen LogP contribution in [0, 0.1) is 12.7 Å². The number of aromatic nitrogens is 2. The van der Waals surface area contributed by atoms with E-state index in [0.717, 1.165) is 40.9 Å². The molecule has 4 rings (SSSR count). The van der Waals surface area contributed by atoms with E-state index in [0.29, 0.717) is 19.0 Å². The summed E-state index contributed by atoms with van der Waals surface area (Å²) in [5.41, 5.74) is 3.55. The zero-order chi connectivity index (χ0) is 17.9. The van der Waals surface area contributed by atoms with Gasteiger partial charge in [-0.1, -0.05) is 0 Å². The molecule has 1 atom stereocenters. The Morgan fingerprint density at radius 2 is 2.19 bits per heavy atom. The van der Waals surface area contributed by atoms with E-state index in [1.165, 1.54) is 12.1 Å². The van der Waals surface area contributed by atoms with Crippen molar-refractivity contribution in [3.05, 3.63) is 59.7 Å². The molecule has 1 aliphatic rings. The van der Waals surface area contributed by atoms with E-state index in [2.05, 4.69) is 15.3 Å². The minimum atomic E-state index is -0.274. The number of nitrogens with one attached hydrogen (secondary N) is 1. The molecule has 0 amide bonds. The molecule has 5 nitrogen and oxygen atoms in total. The third-order valence-electron chi connectivity index (χ3n) is 4.36. The lowest BCUT2D eigenvalue weighted by molar-refractivity contribution is 0.138. The van der Waals surface area contributed by atoms with E-state index >= 15 is 0 Å². The molecular formula is C20H20FN3O2. The number of halogens is 1. The highest BCUT2D eigenvalue weighted by Crippen LogP contribution is 2.25. The number of anilines is 1. The molecule has 1 unspecified atom stereocenters. The van der Waals surface area contributed by atoms with Crippen LogP contribution >= 0.6 is 0 Å². The van der Waals surface area contributed by atoms with Crippen LogP contribution < -0.4 is 10.1 Å². The van der Waals surface area contributed by atoms with Crippen molar-refractivity contribution >= 4 is 16.6 Å². The number of rotatable bonds is 5. The van der Waals surface area contributed by atoms with Gasteiger partial charge in [-0.2, -0.15) is 0 Å². The highest BCUT2D eigenvalue weighted by atomic mass is 19.1. The number of benzene rings is 1. The summed E-state index contributed by atoms with van der Waals surface area (Å²) in [5.74, 6) is 0.325. The van der Waals surface area contributed by atoms with Crippen molar-refractivity contribution in [2.45, 2.75) is 26.0 Å². The van der Waals surface area contributed by atoms with Gasteiger partial charge < -0.3 is 14.8 Å². The van der Waals surface area contributed by atoms with Gasteiger partial charge in [-0.05, 0) is 42.8 Å². The molecule has 1 N–H and O–H groups in total. The molecule has 3 aromatic rings. The smallest absolute Gasteiger partial charge is 0.213 e. The lowest BCUT2D eigenvalue weighted by Gasteiger charge is -2.13. The van der Waals surface area contributed by atoms with E-state index < -0.39 is 0 Å². The fourth-order valence-corrected chi connectivity index (χ4v) is 3.08. The van der Waals surface area contributed by atoms with Crippen molar-refractivity contribution < 1.29 is 13.9 Å². The van der Waals surface area contributed by atoms with Crippen LogP contribution in [-0.4, -0.2) is 29.3 Å². The molecule has 3 heterocycles. The van der Waals surface area contributed by atoms with Crippen LogP contribution in [0.15, 0.2) is 42.6 Å². The fourth-order valence-electron chi connectivity index (χ4n) is 3.08. The van der Waals surface area contributed by atoms with Crippen molar-refractivity contribution in [2.24, 2.45) is 0 Å². The predicted molar refractivity (Wildman–Crippen MR) is 97.9 cm³/mol. The maximum atomic E-state index is 13.6. The van der Waals surface area contributed by atoms with Gasteiger partial charge in [0.2, 0.25) is 5.88 Å². The second kappa shape index (κ2) is 7.25. The molecule has 0 bridgehead atoms. The van der Waals surface area contributed by atoms with Crippen molar-refractivity contribution in [3.63, 3.8) is 0 Å². The minimum Gasteiger partial charge on any atom is -0.472 e. The Morgan fingerprint density at radius 3 is 3.04 bits per heavy atom. The summed E-state index contributed by atoms with van der Waals surface area (Å²) in [5, 5.41) is 4.15. The summed E-state index contributed by atoms with van der Waals surface area (Å²) in [7, 11) is 0. The van der Waals surface area contributed by atoms with Crippen molar-refractivity contribution in [1.29, 1.82) is 0 Å². The molecule has 1 aromatic carbocycles. The van der Waals surface area contributed by atoms with Crippen molar-refractivity contribution in [1.82, 2.24) is 9.97 Å². The first kappa shape index (κ1) is 16.7. The topological polar surface area (TPSA) is 56.3 Å². The zero-order valence-corrected chi connectivity index (χ0v) is 14.5. The van der Waals surface area contributed by atoms with Crippen LogP contribution in [-0.2, 0) is 11.3 Å². The molecule has 0 spiro atoms. The van der Waals surface area contributed by atoms with E-state index in [1.54, 1.807) is 12.3 Å². The van der Waals surface area contributed by atoms with Crippen LogP contribution in [0.25, 0.3) is 10.9 Å². The zero-order valence-electron chi connectivity index (χ0n) is 14.5. The number of aryl methyl sites for hydroxylation is 1. The molecular weight excluding hydrogens is 333 g/mol. The van der Waals surface area contributed by atoms with E-state index in [1.807, 2.05) is 25.1 Å². The Bertz CT molecular complexity index is 926. The Hall–Kier alpha value is -2.73. The average Bonchev–Trinajstić information content (AvgIpc) is 3.13. The van der Waals surface area contributed by atoms with Crippen LogP contribution in [0.5, 0.6) is 5.88 Å². The fraction of sp³-hybridized carbons (Fsp3) is 0.300. The largest absolute Gasteiger partial charge is 0.472 e. The molecule has 1 fully saturated rings. The van der Waals surface area contributed by atoms with Gasteiger partial charge in [-0.3, -0.25) is 4.98 Å². The van der Waals surface area contributed by atoms with Gasteiger partial charge in [-0.15, -0.1) is 0 Å². The number of hydrogen-bond acceptors (Lipinski definition) is 5. The summed E-state index contributed by atoms with van der Waals surface area (Å²) in [4.78, 5) is 8.72. The number of hydrogen-bond donors (Lipinski definition) is 1. The van der Waals surface area contributed by atoms with Gasteiger partial charge in [-0.25, -0.2) is 9.37 Å². The summed E-state index contributed by atoms with van der Waals surface area (Å²) in [6.07, 6.45) is 2.69. The molecule has 0 radical (unpaired) electrons. The van der Waals surface area contributed by atoms with Gasteiger partial charge in [0.25, 0.3) is 0 Å². The summed E-state index contributed by atoms with van der Waals surface area (Å²) in [6, 6.07) is 10.4. The normalized spacial score (nSPS) is 16.8. The third-order valence-corrected chi connectivity index (χ3v) is 4.36. The van der Waals surface area contributed by atoms with E-state index in [-0.39, 0.29) is 11.9 Å². The molecule has 0 aliphatic carbocycles. The third kappa shape index (κ3) is 3.75. The second-order valence-electron chi connectivity index (χ2n) is 6.43. The Morgan fingerprint density at radius 1 is 1.27 bits per heavy atom. The van der Waals surface area contributed by atoms with Gasteiger partial charge in [0, 0.05) is 42.0 Å².